The van der Waals surface area contributed by atoms with Crippen LogP contribution in [-0.2, 0) is 13.6 Å². The fourth-order valence-electron chi connectivity index (χ4n) is 1.20. The Morgan fingerprint density at radius 1 is 1.47 bits per heavy atom. The van der Waals surface area contributed by atoms with Crippen molar-refractivity contribution in [1.29, 1.82) is 0 Å². The van der Waals surface area contributed by atoms with Crippen molar-refractivity contribution in [2.45, 2.75) is 13.5 Å². The highest BCUT2D eigenvalue weighted by Gasteiger charge is 2.21. The topological polar surface area (TPSA) is 70.3 Å². The number of rotatable bonds is 6. The average Bonchev–Trinajstić information content (AvgIpc) is 2.64. The van der Waals surface area contributed by atoms with Crippen LogP contribution in [-0.4, -0.2) is 39.5 Å². The maximum absolute atomic E-state index is 9.08. The van der Waals surface area contributed by atoms with Gasteiger partial charge in [-0.3, -0.25) is 0 Å². The van der Waals surface area contributed by atoms with Crippen molar-refractivity contribution in [3.63, 3.8) is 0 Å². The van der Waals surface area contributed by atoms with Crippen LogP contribution in [0.5, 0.6) is 0 Å². The first-order valence-corrected chi connectivity index (χ1v) is 5.00. The number of hydrogen-bond acceptors (Lipinski definition) is 4. The Hall–Kier alpha value is -0.910. The monoisotopic (exact) mass is 213 g/mol. The summed E-state index contributed by atoms with van der Waals surface area (Å²) in [6.07, 6.45) is 3.63. The molecule has 0 amide bonds. The van der Waals surface area contributed by atoms with Gasteiger partial charge in [0.25, 0.3) is 0 Å². The molecule has 0 atom stereocenters. The van der Waals surface area contributed by atoms with Crippen molar-refractivity contribution >= 4 is 0 Å². The van der Waals surface area contributed by atoms with Crippen molar-refractivity contribution in [1.82, 2.24) is 14.9 Å². The van der Waals surface area contributed by atoms with Gasteiger partial charge in [-0.1, -0.05) is 6.92 Å². The van der Waals surface area contributed by atoms with Crippen molar-refractivity contribution in [3.8, 4) is 0 Å². The highest BCUT2D eigenvalue weighted by Crippen LogP contribution is 2.12. The molecule has 86 valence electrons. The molecule has 0 aromatic carbocycles. The van der Waals surface area contributed by atoms with E-state index in [1.165, 1.54) is 0 Å². The molecule has 0 saturated carbocycles. The Morgan fingerprint density at radius 3 is 2.60 bits per heavy atom. The summed E-state index contributed by atoms with van der Waals surface area (Å²) in [7, 11) is 1.93. The Bertz CT molecular complexity index is 295. The van der Waals surface area contributed by atoms with Gasteiger partial charge < -0.3 is 20.1 Å². The number of aliphatic hydroxyl groups is 2. The first-order chi connectivity index (χ1) is 7.11. The van der Waals surface area contributed by atoms with Crippen LogP contribution >= 0.6 is 0 Å². The van der Waals surface area contributed by atoms with Gasteiger partial charge in [0.2, 0.25) is 0 Å². The first kappa shape index (κ1) is 12.2. The largest absolute Gasteiger partial charge is 0.396 e. The normalized spacial score (nSPS) is 12.0. The summed E-state index contributed by atoms with van der Waals surface area (Å²) < 4.78 is 1.93. The minimum absolute atomic E-state index is 0.0307. The van der Waals surface area contributed by atoms with E-state index in [4.69, 9.17) is 10.2 Å². The van der Waals surface area contributed by atoms with E-state index in [1.807, 2.05) is 24.7 Å². The molecule has 5 heteroatoms. The summed E-state index contributed by atoms with van der Waals surface area (Å²) in [6.45, 7) is 2.97. The van der Waals surface area contributed by atoms with E-state index >= 15 is 0 Å². The molecular formula is C10H19N3O2. The number of nitrogens with zero attached hydrogens (tertiary/aromatic N) is 2. The van der Waals surface area contributed by atoms with Crippen LogP contribution in [0.1, 0.15) is 12.7 Å². The predicted molar refractivity (Wildman–Crippen MR) is 57.2 cm³/mol. The van der Waals surface area contributed by atoms with Crippen molar-refractivity contribution < 1.29 is 10.2 Å². The van der Waals surface area contributed by atoms with Crippen LogP contribution in [0.25, 0.3) is 0 Å². The second-order valence-corrected chi connectivity index (χ2v) is 4.18. The third-order valence-electron chi connectivity index (χ3n) is 2.52. The lowest BCUT2D eigenvalue weighted by atomic mass is 9.93. The lowest BCUT2D eigenvalue weighted by Gasteiger charge is -2.24. The fourth-order valence-corrected chi connectivity index (χ4v) is 1.20. The molecule has 1 rings (SSSR count). The first-order valence-electron chi connectivity index (χ1n) is 5.00. The predicted octanol–water partition coefficient (Wildman–Crippen LogP) is -0.499. The molecule has 1 aromatic heterocycles. The molecule has 3 N–H and O–H groups in total. The summed E-state index contributed by atoms with van der Waals surface area (Å²) in [5.41, 5.74) is -0.467. The van der Waals surface area contributed by atoms with Gasteiger partial charge >= 0.3 is 0 Å². The van der Waals surface area contributed by atoms with E-state index < -0.39 is 5.41 Å². The zero-order valence-corrected chi connectivity index (χ0v) is 9.27. The van der Waals surface area contributed by atoms with Gasteiger partial charge in [-0.05, 0) is 0 Å². The van der Waals surface area contributed by atoms with E-state index in [9.17, 15) is 0 Å². The number of hydrogen-bond donors (Lipinski definition) is 3. The Kier molecular flexibility index (Phi) is 4.26. The summed E-state index contributed by atoms with van der Waals surface area (Å²) in [5, 5.41) is 21.3. The highest BCUT2D eigenvalue weighted by molar-refractivity contribution is 4.90. The summed E-state index contributed by atoms with van der Waals surface area (Å²) in [6, 6.07) is 0. The molecule has 5 nitrogen and oxygen atoms in total. The SMILES string of the molecule is Cn1ccnc1CNCC(C)(CO)CO. The molecule has 0 spiro atoms. The second-order valence-electron chi connectivity index (χ2n) is 4.18. The van der Waals surface area contributed by atoms with Crippen LogP contribution < -0.4 is 5.32 Å². The summed E-state index contributed by atoms with van der Waals surface area (Å²) >= 11 is 0. The van der Waals surface area contributed by atoms with Crippen molar-refractivity contribution in [3.05, 3.63) is 18.2 Å². The fraction of sp³-hybridized carbons (Fsp3) is 0.700. The molecule has 0 aliphatic rings. The number of aryl methyl sites for hydroxylation is 1. The Balaban J connectivity index is 2.36. The summed E-state index contributed by atoms with van der Waals surface area (Å²) in [5.74, 6) is 0.938. The van der Waals surface area contributed by atoms with E-state index in [-0.39, 0.29) is 13.2 Å². The van der Waals surface area contributed by atoms with Crippen LogP contribution in [0.4, 0.5) is 0 Å². The van der Waals surface area contributed by atoms with Gasteiger partial charge in [0.1, 0.15) is 5.82 Å². The van der Waals surface area contributed by atoms with Crippen LogP contribution in [0.2, 0.25) is 0 Å². The minimum atomic E-state index is -0.467. The van der Waals surface area contributed by atoms with Crippen molar-refractivity contribution in [2.75, 3.05) is 19.8 Å². The van der Waals surface area contributed by atoms with Gasteiger partial charge in [-0.25, -0.2) is 4.98 Å². The van der Waals surface area contributed by atoms with E-state index in [1.54, 1.807) is 6.20 Å². The maximum Gasteiger partial charge on any atom is 0.122 e. The van der Waals surface area contributed by atoms with E-state index in [0.717, 1.165) is 5.82 Å². The molecule has 15 heavy (non-hydrogen) atoms. The van der Waals surface area contributed by atoms with Gasteiger partial charge in [-0.15, -0.1) is 0 Å². The van der Waals surface area contributed by atoms with Crippen molar-refractivity contribution in [2.24, 2.45) is 12.5 Å². The highest BCUT2D eigenvalue weighted by atomic mass is 16.3. The van der Waals surface area contributed by atoms with Gasteiger partial charge in [0.15, 0.2) is 0 Å². The Labute approximate surface area is 89.8 Å². The van der Waals surface area contributed by atoms with Crippen LogP contribution in [0.15, 0.2) is 12.4 Å². The van der Waals surface area contributed by atoms with Crippen LogP contribution in [0.3, 0.4) is 0 Å². The zero-order chi connectivity index (χ0) is 11.3. The van der Waals surface area contributed by atoms with Gasteiger partial charge in [-0.2, -0.15) is 0 Å². The Morgan fingerprint density at radius 2 is 2.13 bits per heavy atom. The van der Waals surface area contributed by atoms with Gasteiger partial charge in [0.05, 0.1) is 19.8 Å². The molecule has 0 aliphatic carbocycles. The second kappa shape index (κ2) is 5.25. The lowest BCUT2D eigenvalue weighted by molar-refractivity contribution is 0.0693. The molecule has 0 aliphatic heterocycles. The molecular weight excluding hydrogens is 194 g/mol. The molecule has 1 aromatic rings. The van der Waals surface area contributed by atoms with Crippen LogP contribution in [0, 0.1) is 5.41 Å². The molecule has 0 fully saturated rings. The summed E-state index contributed by atoms with van der Waals surface area (Å²) in [4.78, 5) is 4.16. The van der Waals surface area contributed by atoms with E-state index in [2.05, 4.69) is 10.3 Å². The van der Waals surface area contributed by atoms with Gasteiger partial charge in [0, 0.05) is 31.4 Å². The molecule has 0 radical (unpaired) electrons. The maximum atomic E-state index is 9.08. The average molecular weight is 213 g/mol. The third kappa shape index (κ3) is 3.30. The molecule has 0 saturated heterocycles. The molecule has 0 unspecified atom stereocenters. The van der Waals surface area contributed by atoms with E-state index in [0.29, 0.717) is 13.1 Å². The smallest absolute Gasteiger partial charge is 0.122 e. The number of imidazole rings is 1. The minimum Gasteiger partial charge on any atom is -0.396 e. The molecule has 1 heterocycles. The number of nitrogens with one attached hydrogen (secondary N) is 1. The standard InChI is InChI=1S/C10H19N3O2/c1-10(7-14,8-15)6-11-5-9-12-3-4-13(9)2/h3-4,11,14-15H,5-8H2,1-2H3. The number of aliphatic hydroxyl groups excluding tert-OH is 2. The molecule has 0 bridgehead atoms. The lowest BCUT2D eigenvalue weighted by Crippen LogP contribution is -2.37. The zero-order valence-electron chi connectivity index (χ0n) is 9.27. The quantitative estimate of drug-likeness (QED) is 0.596. The number of aromatic nitrogens is 2. The third-order valence-corrected chi connectivity index (χ3v) is 2.52.